The number of aryl methyl sites for hydroxylation is 2. The average molecular weight is 441 g/mol. The molecular formula is C24H28N2O4S. The number of hydrogen-bond donors (Lipinski definition) is 1. The highest BCUT2D eigenvalue weighted by Crippen LogP contribution is 2.36. The Morgan fingerprint density at radius 2 is 1.71 bits per heavy atom. The van der Waals surface area contributed by atoms with Crippen molar-refractivity contribution in [3.63, 3.8) is 0 Å². The van der Waals surface area contributed by atoms with E-state index in [9.17, 15) is 13.2 Å². The number of hydrogen-bond acceptors (Lipinski definition) is 4. The van der Waals surface area contributed by atoms with Crippen molar-refractivity contribution < 1.29 is 17.9 Å². The molecule has 0 radical (unpaired) electrons. The van der Waals surface area contributed by atoms with E-state index in [2.05, 4.69) is 11.4 Å². The van der Waals surface area contributed by atoms with Gasteiger partial charge in [0.2, 0.25) is 0 Å². The fourth-order valence-electron chi connectivity index (χ4n) is 3.54. The average Bonchev–Trinajstić information content (AvgIpc) is 2.97. The molecule has 0 saturated carbocycles. The van der Waals surface area contributed by atoms with Crippen LogP contribution in [-0.4, -0.2) is 31.3 Å². The van der Waals surface area contributed by atoms with Gasteiger partial charge in [-0.1, -0.05) is 11.6 Å². The van der Waals surface area contributed by atoms with E-state index >= 15 is 0 Å². The molecule has 6 nitrogen and oxygen atoms in total. The van der Waals surface area contributed by atoms with E-state index in [1.165, 1.54) is 12.1 Å². The number of rotatable bonds is 6. The monoisotopic (exact) mass is 440 g/mol. The Kier molecular flexibility index (Phi) is 6.27. The molecule has 31 heavy (non-hydrogen) atoms. The van der Waals surface area contributed by atoms with Crippen LogP contribution in [0.5, 0.6) is 5.75 Å². The van der Waals surface area contributed by atoms with Crippen molar-refractivity contribution in [1.29, 1.82) is 0 Å². The third-order valence-electron chi connectivity index (χ3n) is 4.97. The molecule has 0 atom stereocenters. The fraction of sp³-hybridized carbons (Fsp3) is 0.292. The number of amides is 1. The molecule has 2 aromatic carbocycles. The minimum Gasteiger partial charge on any atom is -0.490 e. The predicted molar refractivity (Wildman–Crippen MR) is 124 cm³/mol. The van der Waals surface area contributed by atoms with Crippen molar-refractivity contribution in [2.45, 2.75) is 38.7 Å². The normalized spacial score (nSPS) is 11.6. The third-order valence-corrected chi connectivity index (χ3v) is 6.10. The largest absolute Gasteiger partial charge is 0.490 e. The van der Waals surface area contributed by atoms with E-state index in [-0.39, 0.29) is 16.9 Å². The molecule has 0 spiro atoms. The van der Waals surface area contributed by atoms with Gasteiger partial charge in [-0.15, -0.1) is 0 Å². The molecule has 3 aromatic rings. The quantitative estimate of drug-likeness (QED) is 0.600. The Morgan fingerprint density at radius 1 is 1.06 bits per heavy atom. The Bertz CT molecular complexity index is 1220. The summed E-state index contributed by atoms with van der Waals surface area (Å²) in [6.07, 6.45) is 2.98. The second kappa shape index (κ2) is 8.59. The molecule has 1 aromatic heterocycles. The first-order valence-electron chi connectivity index (χ1n) is 10.0. The fourth-order valence-corrected chi connectivity index (χ4v) is 4.17. The van der Waals surface area contributed by atoms with Crippen LogP contribution in [0.2, 0.25) is 0 Å². The highest BCUT2D eigenvalue weighted by Gasteiger charge is 2.21. The molecule has 0 aliphatic carbocycles. The summed E-state index contributed by atoms with van der Waals surface area (Å²) in [5.41, 5.74) is 4.86. The Labute approximate surface area is 183 Å². The topological polar surface area (TPSA) is 77.4 Å². The van der Waals surface area contributed by atoms with Crippen LogP contribution in [0.25, 0.3) is 11.3 Å². The summed E-state index contributed by atoms with van der Waals surface area (Å²) in [6, 6.07) is 12.2. The number of carbonyl (C=O) groups excluding carboxylic acids is 1. The lowest BCUT2D eigenvalue weighted by Gasteiger charge is -2.16. The first kappa shape index (κ1) is 22.6. The van der Waals surface area contributed by atoms with E-state index in [1.807, 2.05) is 51.4 Å². The summed E-state index contributed by atoms with van der Waals surface area (Å²) in [5, 5.41) is 2.85. The molecule has 0 fully saturated rings. The lowest BCUT2D eigenvalue weighted by Crippen LogP contribution is -2.12. The van der Waals surface area contributed by atoms with Gasteiger partial charge in [0.1, 0.15) is 5.75 Å². The van der Waals surface area contributed by atoms with Crippen LogP contribution in [0, 0.1) is 13.8 Å². The van der Waals surface area contributed by atoms with E-state index < -0.39 is 9.84 Å². The highest BCUT2D eigenvalue weighted by molar-refractivity contribution is 7.90. The highest BCUT2D eigenvalue weighted by atomic mass is 32.2. The lowest BCUT2D eigenvalue weighted by atomic mass is 10.0. The molecule has 1 N–H and O–H groups in total. The van der Waals surface area contributed by atoms with Crippen LogP contribution in [0.1, 0.15) is 35.3 Å². The number of anilines is 1. The molecule has 0 saturated heterocycles. The molecule has 164 valence electrons. The van der Waals surface area contributed by atoms with Gasteiger partial charge in [0.25, 0.3) is 5.91 Å². The Balaban J connectivity index is 1.95. The summed E-state index contributed by atoms with van der Waals surface area (Å²) in [4.78, 5) is 13.2. The second-order valence-corrected chi connectivity index (χ2v) is 10.1. The standard InChI is InChI=1S/C24H28N2O4S/c1-15(2)30-22-12-7-16(3)13-20(22)23-17(4)21(14-26(23)5)24(27)25-18-8-10-19(11-9-18)31(6,28)29/h7-15H,1-6H3,(H,25,27). The minimum absolute atomic E-state index is 0.0275. The van der Waals surface area contributed by atoms with Gasteiger partial charge in [-0.25, -0.2) is 8.42 Å². The van der Waals surface area contributed by atoms with Crippen molar-refractivity contribution in [1.82, 2.24) is 4.57 Å². The number of nitrogens with one attached hydrogen (secondary N) is 1. The zero-order valence-corrected chi connectivity index (χ0v) is 19.5. The molecule has 3 rings (SSSR count). The maximum atomic E-state index is 13.0. The van der Waals surface area contributed by atoms with Crippen LogP contribution in [-0.2, 0) is 16.9 Å². The second-order valence-electron chi connectivity index (χ2n) is 8.04. The maximum Gasteiger partial charge on any atom is 0.257 e. The zero-order valence-electron chi connectivity index (χ0n) is 18.7. The number of benzene rings is 2. The van der Waals surface area contributed by atoms with Crippen LogP contribution < -0.4 is 10.1 Å². The number of aromatic nitrogens is 1. The number of carbonyl (C=O) groups is 1. The molecule has 0 aliphatic rings. The molecule has 0 aliphatic heterocycles. The summed E-state index contributed by atoms with van der Waals surface area (Å²) >= 11 is 0. The summed E-state index contributed by atoms with van der Waals surface area (Å²) in [6.45, 7) is 7.90. The van der Waals surface area contributed by atoms with Gasteiger partial charge in [0.15, 0.2) is 9.84 Å². The first-order valence-corrected chi connectivity index (χ1v) is 11.9. The van der Waals surface area contributed by atoms with E-state index in [1.54, 1.807) is 18.3 Å². The van der Waals surface area contributed by atoms with Crippen LogP contribution >= 0.6 is 0 Å². The SMILES string of the molecule is Cc1ccc(OC(C)C)c(-c2c(C)c(C(=O)Nc3ccc(S(C)(=O)=O)cc3)cn2C)c1. The number of sulfone groups is 1. The third kappa shape index (κ3) is 4.99. The molecule has 0 bridgehead atoms. The van der Waals surface area contributed by atoms with Crippen molar-refractivity contribution >= 4 is 21.4 Å². The van der Waals surface area contributed by atoms with Crippen LogP contribution in [0.15, 0.2) is 53.6 Å². The van der Waals surface area contributed by atoms with Crippen molar-refractivity contribution in [3.05, 3.63) is 65.4 Å². The van der Waals surface area contributed by atoms with E-state index in [0.29, 0.717) is 11.3 Å². The number of ether oxygens (including phenoxy) is 1. The molecule has 0 unspecified atom stereocenters. The van der Waals surface area contributed by atoms with Gasteiger partial charge < -0.3 is 14.6 Å². The van der Waals surface area contributed by atoms with Crippen molar-refractivity contribution in [2.75, 3.05) is 11.6 Å². The van der Waals surface area contributed by atoms with Gasteiger partial charge in [0.05, 0.1) is 22.3 Å². The van der Waals surface area contributed by atoms with Crippen molar-refractivity contribution in [2.24, 2.45) is 7.05 Å². The smallest absolute Gasteiger partial charge is 0.257 e. The summed E-state index contributed by atoms with van der Waals surface area (Å²) in [5.74, 6) is 0.513. The van der Waals surface area contributed by atoms with E-state index in [0.717, 1.165) is 34.4 Å². The van der Waals surface area contributed by atoms with Gasteiger partial charge in [-0.2, -0.15) is 0 Å². The molecule has 7 heteroatoms. The van der Waals surface area contributed by atoms with Crippen molar-refractivity contribution in [3.8, 4) is 17.0 Å². The Morgan fingerprint density at radius 3 is 2.29 bits per heavy atom. The number of nitrogens with zero attached hydrogens (tertiary/aromatic N) is 1. The molecular weight excluding hydrogens is 412 g/mol. The summed E-state index contributed by atoms with van der Waals surface area (Å²) in [7, 11) is -1.38. The summed E-state index contributed by atoms with van der Waals surface area (Å²) < 4.78 is 31.2. The molecule has 1 heterocycles. The van der Waals surface area contributed by atoms with E-state index in [4.69, 9.17) is 4.74 Å². The van der Waals surface area contributed by atoms with Crippen LogP contribution in [0.3, 0.4) is 0 Å². The van der Waals surface area contributed by atoms with Gasteiger partial charge in [-0.05, 0) is 69.7 Å². The van der Waals surface area contributed by atoms with Gasteiger partial charge >= 0.3 is 0 Å². The maximum absolute atomic E-state index is 13.0. The lowest BCUT2D eigenvalue weighted by molar-refractivity contribution is 0.102. The minimum atomic E-state index is -3.28. The van der Waals surface area contributed by atoms with Gasteiger partial charge in [0, 0.05) is 30.8 Å². The Hall–Kier alpha value is -3.06. The molecule has 1 amide bonds. The first-order chi connectivity index (χ1) is 14.5. The predicted octanol–water partition coefficient (Wildman–Crippen LogP) is 4.75. The zero-order chi connectivity index (χ0) is 22.9. The van der Waals surface area contributed by atoms with Gasteiger partial charge in [-0.3, -0.25) is 4.79 Å². The van der Waals surface area contributed by atoms with Crippen LogP contribution in [0.4, 0.5) is 5.69 Å².